The van der Waals surface area contributed by atoms with Gasteiger partial charge >= 0.3 is 330 Å². The Bertz CT molecular complexity index is 2250. The van der Waals surface area contributed by atoms with Gasteiger partial charge < -0.3 is 0 Å². The third-order valence-electron chi connectivity index (χ3n) is 13.1. The van der Waals surface area contributed by atoms with E-state index in [1.54, 1.807) is 22.3 Å². The van der Waals surface area contributed by atoms with Crippen molar-refractivity contribution in [1.82, 2.24) is 0 Å². The maximum absolute atomic E-state index is 3.35. The molecule has 1 aliphatic heterocycles. The molecule has 0 radical (unpaired) electrons. The molecule has 1 heteroatoms. The van der Waals surface area contributed by atoms with Crippen LogP contribution in [0.1, 0.15) is 91.4 Å². The van der Waals surface area contributed by atoms with Crippen molar-refractivity contribution in [1.29, 1.82) is 0 Å². The molecule has 1 heterocycles. The first-order valence-corrected chi connectivity index (χ1v) is 31.5. The van der Waals surface area contributed by atoms with Crippen LogP contribution in [-0.2, 0) is 32.8 Å². The first-order valence-electron chi connectivity index (χ1n) is 20.1. The van der Waals surface area contributed by atoms with Crippen LogP contribution in [0.15, 0.2) is 157 Å². The molecule has 6 aromatic rings. The average molecular weight is 867 g/mol. The fourth-order valence-electron chi connectivity index (χ4n) is 10.6. The van der Waals surface area contributed by atoms with Crippen molar-refractivity contribution in [3.8, 4) is 22.3 Å². The molecule has 9 rings (SSSR count). The molecule has 2 atom stereocenters. The predicted molar refractivity (Wildman–Crippen MR) is 228 cm³/mol. The Labute approximate surface area is 328 Å². The summed E-state index contributed by atoms with van der Waals surface area (Å²) in [6.07, 6.45) is 7.43. The molecule has 0 N–H and O–H groups in total. The van der Waals surface area contributed by atoms with Gasteiger partial charge in [-0.25, -0.2) is 0 Å². The summed E-state index contributed by atoms with van der Waals surface area (Å²) >= 11 is -3.35. The summed E-state index contributed by atoms with van der Waals surface area (Å²) < 4.78 is 6.58. The fraction of sp³-hybridized carbons (Fsp3) is 0.245. The molecule has 268 valence electrons. The van der Waals surface area contributed by atoms with Crippen LogP contribution in [0, 0.1) is 5.41 Å². The first-order chi connectivity index (χ1) is 26.2. The van der Waals surface area contributed by atoms with E-state index in [1.807, 2.05) is 0 Å². The topological polar surface area (TPSA) is 0 Å². The Kier molecular flexibility index (Phi) is 9.01. The van der Waals surface area contributed by atoms with Crippen LogP contribution in [0.5, 0.6) is 0 Å². The summed E-state index contributed by atoms with van der Waals surface area (Å²) in [7, 11) is 0. The third kappa shape index (κ3) is 5.81. The molecule has 0 bridgehead atoms. The second-order valence-electron chi connectivity index (χ2n) is 17.5. The van der Waals surface area contributed by atoms with Crippen molar-refractivity contribution in [3.05, 3.63) is 201 Å². The fourth-order valence-corrected chi connectivity index (χ4v) is 27.7. The van der Waals surface area contributed by atoms with E-state index < -0.39 is 20.0 Å². The van der Waals surface area contributed by atoms with Gasteiger partial charge in [0, 0.05) is 0 Å². The van der Waals surface area contributed by atoms with Crippen molar-refractivity contribution in [2.75, 3.05) is 0 Å². The van der Waals surface area contributed by atoms with Gasteiger partial charge in [0.25, 0.3) is 0 Å². The Balaban J connectivity index is 1.33. The average Bonchev–Trinajstić information content (AvgIpc) is 3.80. The molecule has 0 spiro atoms. The van der Waals surface area contributed by atoms with Crippen molar-refractivity contribution in [2.45, 2.75) is 69.1 Å². The van der Waals surface area contributed by atoms with Gasteiger partial charge in [-0.05, 0) is 0 Å². The van der Waals surface area contributed by atoms with Gasteiger partial charge in [0.05, 0.1) is 0 Å². The molecule has 2 unspecified atom stereocenters. The van der Waals surface area contributed by atoms with Crippen LogP contribution in [0.3, 0.4) is 0 Å². The second-order valence-corrected chi connectivity index (χ2v) is 34.7. The summed E-state index contributed by atoms with van der Waals surface area (Å²) in [5, 5.41) is 0. The Hall–Kier alpha value is -4.33. The van der Waals surface area contributed by atoms with Crippen molar-refractivity contribution in [2.24, 2.45) is 5.41 Å². The van der Waals surface area contributed by atoms with E-state index in [1.165, 1.54) is 55.6 Å². The Morgan fingerprint density at radius 2 is 0.889 bits per heavy atom. The summed E-state index contributed by atoms with van der Waals surface area (Å²) in [5.41, 5.74) is 20.4. The zero-order valence-corrected chi connectivity index (χ0v) is 36.3. The number of fused-ring (bicyclic) bond motifs is 6. The molecule has 1 saturated heterocycles. The van der Waals surface area contributed by atoms with Crippen molar-refractivity contribution >= 4 is 12.2 Å². The summed E-state index contributed by atoms with van der Waals surface area (Å²) in [4.78, 5) is 0. The van der Waals surface area contributed by atoms with Gasteiger partial charge in [-0.1, -0.05) is 0 Å². The van der Waals surface area contributed by atoms with E-state index in [0.29, 0.717) is 19.2 Å². The van der Waals surface area contributed by atoms with E-state index in [2.05, 4.69) is 195 Å². The van der Waals surface area contributed by atoms with Gasteiger partial charge in [-0.2, -0.15) is 0 Å². The van der Waals surface area contributed by atoms with Gasteiger partial charge in [0.15, 0.2) is 0 Å². The summed E-state index contributed by atoms with van der Waals surface area (Å²) in [5.74, 6) is 0.985. The predicted octanol–water partition coefficient (Wildman–Crippen LogP) is 14.6. The number of benzene rings is 6. The quantitative estimate of drug-likeness (QED) is 0.134. The molecular weight excluding hydrogens is 815 g/mol. The second kappa shape index (κ2) is 13.8. The van der Waals surface area contributed by atoms with Crippen molar-refractivity contribution < 1.29 is 20.0 Å². The van der Waals surface area contributed by atoms with Crippen LogP contribution in [0.25, 0.3) is 34.4 Å². The normalized spacial score (nSPS) is 18.8. The van der Waals surface area contributed by atoms with Crippen LogP contribution < -0.4 is 0 Å². The molecule has 54 heavy (non-hydrogen) atoms. The van der Waals surface area contributed by atoms with Gasteiger partial charge in [-0.15, -0.1) is 0 Å². The zero-order valence-electron chi connectivity index (χ0n) is 32.7. The Morgan fingerprint density at radius 1 is 0.481 bits per heavy atom. The van der Waals surface area contributed by atoms with E-state index in [4.69, 9.17) is 0 Å². The first kappa shape index (κ1) is 35.4. The molecule has 0 amide bonds. The minimum absolute atomic E-state index is 0.167. The monoisotopic (exact) mass is 868 g/mol. The molecule has 1 fully saturated rings. The van der Waals surface area contributed by atoms with Crippen LogP contribution in [0.4, 0.5) is 0 Å². The van der Waals surface area contributed by atoms with E-state index >= 15 is 0 Å². The number of rotatable bonds is 8. The number of hydrogen-bond donors (Lipinski definition) is 0. The molecule has 0 aromatic heterocycles. The SMILES string of the molecule is CC(C)c1cccc(-c2cccc3c2C=C2[CH]3[Hf]([CH3])([CH3])[CH]3C(=Cc4c(-c5cccc(C(C)C)c5)cccc43)C2(Cc2ccccc2)Cc2ccccc2)c1. The maximum atomic E-state index is 2.79. The van der Waals surface area contributed by atoms with E-state index in [9.17, 15) is 0 Å². The van der Waals surface area contributed by atoms with Gasteiger partial charge in [0.1, 0.15) is 0 Å². The Morgan fingerprint density at radius 3 is 1.30 bits per heavy atom. The molecule has 0 nitrogen and oxygen atoms in total. The molecule has 3 aliphatic rings. The van der Waals surface area contributed by atoms with E-state index in [0.717, 1.165) is 12.8 Å². The van der Waals surface area contributed by atoms with Gasteiger partial charge in [-0.3, -0.25) is 0 Å². The molecule has 6 aromatic carbocycles. The molecule has 2 aliphatic carbocycles. The number of hydrogen-bond acceptors (Lipinski definition) is 0. The van der Waals surface area contributed by atoms with Crippen LogP contribution in [-0.4, -0.2) is 0 Å². The molecule has 0 saturated carbocycles. The zero-order chi connectivity index (χ0) is 37.2. The van der Waals surface area contributed by atoms with E-state index in [-0.39, 0.29) is 5.41 Å². The number of allylic oxidation sites excluding steroid dienone is 2. The van der Waals surface area contributed by atoms with Gasteiger partial charge in [0.2, 0.25) is 0 Å². The third-order valence-corrected chi connectivity index (χ3v) is 28.3. The minimum atomic E-state index is -3.35. The van der Waals surface area contributed by atoms with Crippen LogP contribution in [0.2, 0.25) is 9.36 Å². The summed E-state index contributed by atoms with van der Waals surface area (Å²) in [6, 6.07) is 56.0. The van der Waals surface area contributed by atoms with Crippen molar-refractivity contribution in [3.63, 3.8) is 0 Å². The standard InChI is InChI=1S/C51H46.2CH3.Hf/c1-35(2)39-19-11-21-41(27-39)47-25-13-23-43-29-45(31-49(43)47)51(33-37-15-7-5-8-16-37,34-38-17-9-6-10-18-38)46-30-44-24-14-26-48(50(44)32-46)42-22-12-20-40(28-42)36(3)4;;;/h5-32,35-36H,33-34H2,1-4H3;2*1H3;. The molecular formula is C53H52Hf. The summed E-state index contributed by atoms with van der Waals surface area (Å²) in [6.45, 7) is 9.23. The van der Waals surface area contributed by atoms with Crippen LogP contribution >= 0.6 is 0 Å².